The molecule has 2 amide bonds. The fourth-order valence-corrected chi connectivity index (χ4v) is 2.56. The minimum atomic E-state index is -0.524. The maximum absolute atomic E-state index is 12.2. The molecule has 6 nitrogen and oxygen atoms in total. The zero-order chi connectivity index (χ0) is 20.7. The molecule has 2 rings (SSSR count). The summed E-state index contributed by atoms with van der Waals surface area (Å²) in [6, 6.07) is 12.5. The molecule has 0 spiro atoms. The Morgan fingerprint density at radius 1 is 1.07 bits per heavy atom. The summed E-state index contributed by atoms with van der Waals surface area (Å²) in [5, 5.41) is 3.36. The Labute approximate surface area is 169 Å². The summed E-state index contributed by atoms with van der Waals surface area (Å²) < 4.78 is 5.00. The summed E-state index contributed by atoms with van der Waals surface area (Å²) in [5.41, 5.74) is 3.41. The van der Waals surface area contributed by atoms with E-state index in [2.05, 4.69) is 5.32 Å². The minimum absolute atomic E-state index is 0.0429. The van der Waals surface area contributed by atoms with E-state index < -0.39 is 18.5 Å². The van der Waals surface area contributed by atoms with Crippen molar-refractivity contribution in [3.63, 3.8) is 0 Å². The highest BCUT2D eigenvalue weighted by Gasteiger charge is 2.16. The van der Waals surface area contributed by atoms with Gasteiger partial charge in [0, 0.05) is 17.8 Å². The SMILES string of the molecule is Cc1ccc(C)c(NC(=O)CN(C)C(=O)COC(=O)Cc2ccc(Cl)cc2)c1. The van der Waals surface area contributed by atoms with Gasteiger partial charge in [-0.1, -0.05) is 35.9 Å². The highest BCUT2D eigenvalue weighted by Crippen LogP contribution is 2.16. The molecular weight excluding hydrogens is 380 g/mol. The van der Waals surface area contributed by atoms with Crippen molar-refractivity contribution in [2.45, 2.75) is 20.3 Å². The molecule has 148 valence electrons. The summed E-state index contributed by atoms with van der Waals surface area (Å²) in [6.45, 7) is 3.27. The van der Waals surface area contributed by atoms with Gasteiger partial charge in [-0.2, -0.15) is 0 Å². The van der Waals surface area contributed by atoms with Gasteiger partial charge in [0.25, 0.3) is 5.91 Å². The van der Waals surface area contributed by atoms with Crippen molar-refractivity contribution in [1.82, 2.24) is 4.90 Å². The van der Waals surface area contributed by atoms with Crippen LogP contribution in [-0.4, -0.2) is 42.9 Å². The van der Waals surface area contributed by atoms with Crippen LogP contribution in [0.25, 0.3) is 0 Å². The van der Waals surface area contributed by atoms with E-state index in [0.717, 1.165) is 16.7 Å². The molecule has 0 aliphatic carbocycles. The Morgan fingerprint density at radius 2 is 1.75 bits per heavy atom. The molecule has 0 unspecified atom stereocenters. The molecule has 0 aliphatic rings. The van der Waals surface area contributed by atoms with Gasteiger partial charge in [0.1, 0.15) is 0 Å². The normalized spacial score (nSPS) is 10.3. The van der Waals surface area contributed by atoms with Gasteiger partial charge in [-0.25, -0.2) is 0 Å². The first-order valence-electron chi connectivity index (χ1n) is 8.75. The first-order chi connectivity index (χ1) is 13.2. The molecule has 28 heavy (non-hydrogen) atoms. The summed E-state index contributed by atoms with van der Waals surface area (Å²) in [6.07, 6.45) is 0.0429. The van der Waals surface area contributed by atoms with Crippen molar-refractivity contribution < 1.29 is 19.1 Å². The quantitative estimate of drug-likeness (QED) is 0.722. The van der Waals surface area contributed by atoms with Gasteiger partial charge >= 0.3 is 5.97 Å². The van der Waals surface area contributed by atoms with Crippen molar-refractivity contribution in [3.05, 3.63) is 64.2 Å². The number of esters is 1. The fraction of sp³-hybridized carbons (Fsp3) is 0.286. The molecule has 0 atom stereocenters. The van der Waals surface area contributed by atoms with Crippen LogP contribution in [0.1, 0.15) is 16.7 Å². The van der Waals surface area contributed by atoms with Crippen LogP contribution >= 0.6 is 11.6 Å². The van der Waals surface area contributed by atoms with Crippen LogP contribution in [0.15, 0.2) is 42.5 Å². The zero-order valence-corrected chi connectivity index (χ0v) is 16.9. The maximum atomic E-state index is 12.2. The Kier molecular flexibility index (Phi) is 7.58. The highest BCUT2D eigenvalue weighted by atomic mass is 35.5. The average Bonchev–Trinajstić information content (AvgIpc) is 2.64. The lowest BCUT2D eigenvalue weighted by Crippen LogP contribution is -2.37. The Hall–Kier alpha value is -2.86. The second-order valence-corrected chi connectivity index (χ2v) is 7.02. The first kappa shape index (κ1) is 21.4. The maximum Gasteiger partial charge on any atom is 0.310 e. The number of carbonyl (C=O) groups is 3. The number of aryl methyl sites for hydroxylation is 2. The first-order valence-corrected chi connectivity index (χ1v) is 9.13. The number of ether oxygens (including phenoxy) is 1. The van der Waals surface area contributed by atoms with Crippen LogP contribution in [-0.2, 0) is 25.5 Å². The molecule has 1 N–H and O–H groups in total. The number of likely N-dealkylation sites (N-methyl/N-ethyl adjacent to an activating group) is 1. The molecule has 0 heterocycles. The Balaban J connectivity index is 1.78. The predicted octanol–water partition coefficient (Wildman–Crippen LogP) is 3.14. The molecule has 0 radical (unpaired) electrons. The molecular formula is C21H23ClN2O4. The number of carbonyl (C=O) groups excluding carboxylic acids is 3. The van der Waals surface area contributed by atoms with Gasteiger partial charge < -0.3 is 15.0 Å². The van der Waals surface area contributed by atoms with E-state index in [4.69, 9.17) is 16.3 Å². The fourth-order valence-electron chi connectivity index (χ4n) is 2.44. The summed E-state index contributed by atoms with van der Waals surface area (Å²) >= 11 is 5.80. The van der Waals surface area contributed by atoms with E-state index in [0.29, 0.717) is 10.7 Å². The van der Waals surface area contributed by atoms with Crippen LogP contribution < -0.4 is 5.32 Å². The smallest absolute Gasteiger partial charge is 0.310 e. The van der Waals surface area contributed by atoms with E-state index in [1.54, 1.807) is 24.3 Å². The van der Waals surface area contributed by atoms with E-state index in [9.17, 15) is 14.4 Å². The third-order valence-corrected chi connectivity index (χ3v) is 4.34. The van der Waals surface area contributed by atoms with E-state index in [1.807, 2.05) is 32.0 Å². The predicted molar refractivity (Wildman–Crippen MR) is 108 cm³/mol. The van der Waals surface area contributed by atoms with E-state index >= 15 is 0 Å². The van der Waals surface area contributed by atoms with E-state index in [-0.39, 0.29) is 18.9 Å². The molecule has 0 bridgehead atoms. The number of hydrogen-bond donors (Lipinski definition) is 1. The van der Waals surface area contributed by atoms with Crippen molar-refractivity contribution in [2.75, 3.05) is 25.5 Å². The molecule has 7 heteroatoms. The number of anilines is 1. The molecule has 2 aromatic carbocycles. The van der Waals surface area contributed by atoms with Crippen LogP contribution in [0.5, 0.6) is 0 Å². The number of halogens is 1. The molecule has 2 aromatic rings. The number of nitrogens with zero attached hydrogens (tertiary/aromatic N) is 1. The minimum Gasteiger partial charge on any atom is -0.455 e. The third-order valence-electron chi connectivity index (χ3n) is 4.09. The van der Waals surface area contributed by atoms with Crippen molar-refractivity contribution in [1.29, 1.82) is 0 Å². The molecule has 0 aromatic heterocycles. The van der Waals surface area contributed by atoms with E-state index in [1.165, 1.54) is 11.9 Å². The zero-order valence-electron chi connectivity index (χ0n) is 16.1. The number of amides is 2. The largest absolute Gasteiger partial charge is 0.455 e. The van der Waals surface area contributed by atoms with Crippen molar-refractivity contribution in [3.8, 4) is 0 Å². The van der Waals surface area contributed by atoms with Gasteiger partial charge in [-0.15, -0.1) is 0 Å². The molecule has 0 saturated heterocycles. The van der Waals surface area contributed by atoms with Gasteiger partial charge in [-0.3, -0.25) is 14.4 Å². The molecule has 0 fully saturated rings. The number of nitrogens with one attached hydrogen (secondary N) is 1. The highest BCUT2D eigenvalue weighted by molar-refractivity contribution is 6.30. The summed E-state index contributed by atoms with van der Waals surface area (Å²) in [7, 11) is 1.48. The van der Waals surface area contributed by atoms with Crippen molar-refractivity contribution >= 4 is 35.1 Å². The Morgan fingerprint density at radius 3 is 2.43 bits per heavy atom. The van der Waals surface area contributed by atoms with Crippen LogP contribution in [0.4, 0.5) is 5.69 Å². The second-order valence-electron chi connectivity index (χ2n) is 6.58. The second kappa shape index (κ2) is 9.90. The number of rotatable bonds is 7. The number of hydrogen-bond acceptors (Lipinski definition) is 4. The summed E-state index contributed by atoms with van der Waals surface area (Å²) in [5.74, 6) is -1.30. The lowest BCUT2D eigenvalue weighted by Gasteiger charge is -2.17. The number of benzene rings is 2. The third kappa shape index (κ3) is 6.70. The van der Waals surface area contributed by atoms with Gasteiger partial charge in [0.15, 0.2) is 6.61 Å². The van der Waals surface area contributed by atoms with Crippen LogP contribution in [0.2, 0.25) is 5.02 Å². The van der Waals surface area contributed by atoms with Crippen LogP contribution in [0.3, 0.4) is 0 Å². The van der Waals surface area contributed by atoms with Crippen molar-refractivity contribution in [2.24, 2.45) is 0 Å². The van der Waals surface area contributed by atoms with Gasteiger partial charge in [0.05, 0.1) is 13.0 Å². The topological polar surface area (TPSA) is 75.7 Å². The molecule has 0 saturated carbocycles. The summed E-state index contributed by atoms with van der Waals surface area (Å²) in [4.78, 5) is 37.3. The van der Waals surface area contributed by atoms with Crippen LogP contribution in [0, 0.1) is 13.8 Å². The average molecular weight is 403 g/mol. The Bertz CT molecular complexity index is 865. The molecule has 0 aliphatic heterocycles. The standard InChI is InChI=1S/C21H23ClN2O4/c1-14-4-5-15(2)18(10-14)23-19(25)12-24(3)20(26)13-28-21(27)11-16-6-8-17(22)9-7-16/h4-10H,11-13H2,1-3H3,(H,23,25). The lowest BCUT2D eigenvalue weighted by atomic mass is 10.1. The monoisotopic (exact) mass is 402 g/mol. The van der Waals surface area contributed by atoms with Gasteiger partial charge in [-0.05, 0) is 48.7 Å². The van der Waals surface area contributed by atoms with Gasteiger partial charge in [0.2, 0.25) is 5.91 Å². The lowest BCUT2D eigenvalue weighted by molar-refractivity contribution is -0.151.